The van der Waals surface area contributed by atoms with Crippen LogP contribution in [0.2, 0.25) is 0 Å². The zero-order valence-electron chi connectivity index (χ0n) is 8.28. The molecular weight excluding hydrogens is 138 g/mol. The molecule has 1 saturated heterocycles. The van der Waals surface area contributed by atoms with Gasteiger partial charge in [-0.1, -0.05) is 0 Å². The van der Waals surface area contributed by atoms with Gasteiger partial charge in [-0.15, -0.1) is 0 Å². The van der Waals surface area contributed by atoms with Crippen LogP contribution in [0.15, 0.2) is 0 Å². The first-order valence-corrected chi connectivity index (χ1v) is 4.20. The second-order valence-corrected chi connectivity index (χ2v) is 4.18. The fraction of sp³-hybridized carbons (Fsp3) is 1.00. The van der Waals surface area contributed by atoms with Gasteiger partial charge in [-0.25, -0.2) is 0 Å². The molecule has 0 unspecified atom stereocenters. The number of nitrogens with zero attached hydrogens (tertiary/aromatic N) is 1. The Balaban J connectivity index is 0.000000187. The van der Waals surface area contributed by atoms with Gasteiger partial charge in [0.25, 0.3) is 0 Å². The van der Waals surface area contributed by atoms with Crippen molar-refractivity contribution in [3.63, 3.8) is 0 Å². The Morgan fingerprint density at radius 1 is 0.727 bits per heavy atom. The van der Waals surface area contributed by atoms with Gasteiger partial charge in [0.15, 0.2) is 0 Å². The fourth-order valence-corrected chi connectivity index (χ4v) is 0.604. The van der Waals surface area contributed by atoms with E-state index in [0.29, 0.717) is 0 Å². The molecule has 68 valence electrons. The number of hydrogen-bond acceptors (Lipinski definition) is 2. The molecule has 11 heavy (non-hydrogen) atoms. The van der Waals surface area contributed by atoms with E-state index in [2.05, 4.69) is 38.8 Å². The Morgan fingerprint density at radius 2 is 0.909 bits per heavy atom. The van der Waals surface area contributed by atoms with E-state index in [1.165, 1.54) is 0 Å². The van der Waals surface area contributed by atoms with Gasteiger partial charge in [0.1, 0.15) is 0 Å². The van der Waals surface area contributed by atoms with Crippen molar-refractivity contribution in [2.75, 3.05) is 54.4 Å². The molecule has 1 fully saturated rings. The van der Waals surface area contributed by atoms with Crippen molar-refractivity contribution in [3.8, 4) is 0 Å². The molecule has 0 spiro atoms. The normalized spacial score (nSPS) is 18.5. The summed E-state index contributed by atoms with van der Waals surface area (Å²) in [5, 5.41) is 6.44. The largest absolute Gasteiger partial charge is 0.333 e. The van der Waals surface area contributed by atoms with Crippen LogP contribution < -0.4 is 10.6 Å². The number of quaternary nitrogens is 1. The van der Waals surface area contributed by atoms with E-state index < -0.39 is 0 Å². The zero-order chi connectivity index (χ0) is 8.74. The van der Waals surface area contributed by atoms with E-state index in [9.17, 15) is 0 Å². The highest BCUT2D eigenvalue weighted by Gasteiger charge is 1.91. The molecule has 0 atom stereocenters. The summed E-state index contributed by atoms with van der Waals surface area (Å²) in [5.41, 5.74) is 0. The lowest BCUT2D eigenvalue weighted by Gasteiger charge is -2.14. The molecule has 0 aromatic rings. The zero-order valence-corrected chi connectivity index (χ0v) is 8.28. The maximum absolute atomic E-state index is 3.22. The van der Waals surface area contributed by atoms with Gasteiger partial charge in [-0.2, -0.15) is 0 Å². The Labute approximate surface area is 70.4 Å². The molecule has 0 amide bonds. The minimum Gasteiger partial charge on any atom is -0.333 e. The minimum absolute atomic E-state index is 1.00. The first-order valence-electron chi connectivity index (χ1n) is 4.20. The molecule has 0 radical (unpaired) electrons. The summed E-state index contributed by atoms with van der Waals surface area (Å²) >= 11 is 0. The van der Waals surface area contributed by atoms with Crippen LogP contribution in [0.25, 0.3) is 0 Å². The SMILES string of the molecule is C1CNCCN1.C[N+](C)(C)C. The molecule has 0 aliphatic carbocycles. The monoisotopic (exact) mass is 160 g/mol. The fourth-order valence-electron chi connectivity index (χ4n) is 0.604. The highest BCUT2D eigenvalue weighted by molar-refractivity contribution is 4.59. The molecule has 0 aromatic carbocycles. The Kier molecular flexibility index (Phi) is 5.46. The van der Waals surface area contributed by atoms with Crippen molar-refractivity contribution in [1.29, 1.82) is 0 Å². The van der Waals surface area contributed by atoms with E-state index in [4.69, 9.17) is 0 Å². The summed E-state index contributed by atoms with van der Waals surface area (Å²) in [5.74, 6) is 0. The lowest BCUT2D eigenvalue weighted by Crippen LogP contribution is -2.39. The molecule has 1 aliphatic heterocycles. The standard InChI is InChI=1S/C4H10N2.C4H12N/c1-2-6-4-3-5-1;1-5(2,3)4/h5-6H,1-4H2;1-4H3/q;+1. The smallest absolute Gasteiger partial charge is 0.0675 e. The van der Waals surface area contributed by atoms with Crippen LogP contribution >= 0.6 is 0 Å². The highest BCUT2D eigenvalue weighted by Crippen LogP contribution is 1.73. The first-order chi connectivity index (χ1) is 5.00. The van der Waals surface area contributed by atoms with Crippen LogP contribution in [0.1, 0.15) is 0 Å². The van der Waals surface area contributed by atoms with Crippen molar-refractivity contribution in [3.05, 3.63) is 0 Å². The van der Waals surface area contributed by atoms with Crippen molar-refractivity contribution >= 4 is 0 Å². The molecule has 1 heterocycles. The maximum atomic E-state index is 3.22. The third-order valence-corrected chi connectivity index (χ3v) is 0.957. The molecular formula is C8H22N3+. The van der Waals surface area contributed by atoms with E-state index >= 15 is 0 Å². The Morgan fingerprint density at radius 3 is 1.00 bits per heavy atom. The summed E-state index contributed by atoms with van der Waals surface area (Å²) in [6.07, 6.45) is 0. The summed E-state index contributed by atoms with van der Waals surface area (Å²) < 4.78 is 1.00. The van der Waals surface area contributed by atoms with Crippen LogP contribution in [0.4, 0.5) is 0 Å². The maximum Gasteiger partial charge on any atom is 0.0675 e. The quantitative estimate of drug-likeness (QED) is 0.467. The van der Waals surface area contributed by atoms with Gasteiger partial charge in [0, 0.05) is 26.2 Å². The molecule has 0 aromatic heterocycles. The van der Waals surface area contributed by atoms with E-state index in [1.807, 2.05) is 0 Å². The first kappa shape index (κ1) is 10.9. The van der Waals surface area contributed by atoms with Crippen LogP contribution in [0.3, 0.4) is 0 Å². The van der Waals surface area contributed by atoms with Crippen molar-refractivity contribution in [2.45, 2.75) is 0 Å². The van der Waals surface area contributed by atoms with Gasteiger partial charge in [0.2, 0.25) is 0 Å². The third-order valence-electron chi connectivity index (χ3n) is 0.957. The predicted molar refractivity (Wildman–Crippen MR) is 49.7 cm³/mol. The van der Waals surface area contributed by atoms with E-state index in [-0.39, 0.29) is 0 Å². The Hall–Kier alpha value is -0.120. The molecule has 3 nitrogen and oxygen atoms in total. The van der Waals surface area contributed by atoms with Gasteiger partial charge < -0.3 is 15.1 Å². The lowest BCUT2D eigenvalue weighted by molar-refractivity contribution is -0.849. The average Bonchev–Trinajstić information content (AvgIpc) is 1.88. The third kappa shape index (κ3) is 17.7. The highest BCUT2D eigenvalue weighted by atomic mass is 15.2. The lowest BCUT2D eigenvalue weighted by atomic mass is 10.4. The van der Waals surface area contributed by atoms with Crippen LogP contribution in [-0.2, 0) is 0 Å². The number of hydrogen-bond donors (Lipinski definition) is 2. The molecule has 0 bridgehead atoms. The van der Waals surface area contributed by atoms with E-state index in [0.717, 1.165) is 30.7 Å². The Bertz CT molecular complexity index is 64.3. The summed E-state index contributed by atoms with van der Waals surface area (Å²) in [6.45, 7) is 4.56. The second-order valence-electron chi connectivity index (χ2n) is 4.18. The van der Waals surface area contributed by atoms with Gasteiger partial charge in [0.05, 0.1) is 28.2 Å². The summed E-state index contributed by atoms with van der Waals surface area (Å²) in [7, 11) is 8.50. The molecule has 0 saturated carbocycles. The van der Waals surface area contributed by atoms with E-state index in [1.54, 1.807) is 0 Å². The average molecular weight is 160 g/mol. The van der Waals surface area contributed by atoms with Crippen LogP contribution in [0, 0.1) is 0 Å². The van der Waals surface area contributed by atoms with Gasteiger partial charge in [-0.3, -0.25) is 0 Å². The molecule has 2 N–H and O–H groups in total. The molecule has 3 heteroatoms. The predicted octanol–water partition coefficient (Wildman–Crippen LogP) is -0.498. The van der Waals surface area contributed by atoms with Crippen LogP contribution in [-0.4, -0.2) is 58.9 Å². The second kappa shape index (κ2) is 5.52. The summed E-state index contributed by atoms with van der Waals surface area (Å²) in [4.78, 5) is 0. The van der Waals surface area contributed by atoms with Crippen molar-refractivity contribution < 1.29 is 4.48 Å². The van der Waals surface area contributed by atoms with Crippen LogP contribution in [0.5, 0.6) is 0 Å². The molecule has 1 aliphatic rings. The number of rotatable bonds is 0. The van der Waals surface area contributed by atoms with Crippen molar-refractivity contribution in [1.82, 2.24) is 10.6 Å². The molecule has 1 rings (SSSR count). The summed E-state index contributed by atoms with van der Waals surface area (Å²) in [6, 6.07) is 0. The topological polar surface area (TPSA) is 24.1 Å². The number of piperazine rings is 1. The van der Waals surface area contributed by atoms with Gasteiger partial charge in [-0.05, 0) is 0 Å². The van der Waals surface area contributed by atoms with Crippen molar-refractivity contribution in [2.24, 2.45) is 0 Å². The van der Waals surface area contributed by atoms with Gasteiger partial charge >= 0.3 is 0 Å². The number of nitrogens with one attached hydrogen (secondary N) is 2. The minimum atomic E-state index is 1.00.